The van der Waals surface area contributed by atoms with E-state index >= 15 is 0 Å². The molecule has 1 aromatic heterocycles. The van der Waals surface area contributed by atoms with Crippen molar-refractivity contribution < 1.29 is 61.4 Å². The molecule has 1 aliphatic rings. The van der Waals surface area contributed by atoms with Crippen molar-refractivity contribution in [1.29, 1.82) is 0 Å². The van der Waals surface area contributed by atoms with E-state index in [0.29, 0.717) is 4.57 Å². The molecule has 4 unspecified atom stereocenters. The second-order valence-corrected chi connectivity index (χ2v) is 10.7. The molecule has 21 heteroatoms. The molecule has 8 N–H and O–H groups in total. The van der Waals surface area contributed by atoms with Crippen molar-refractivity contribution in [3.05, 3.63) is 16.8 Å². The monoisotopic (exact) mass is 536 g/mol. The number of nitrogens with two attached hydrogens (primary N) is 1. The maximum atomic E-state index is 12.2. The Morgan fingerprint density at radius 2 is 1.88 bits per heavy atom. The molecule has 1 fully saturated rings. The standard InChI is InChI=1S/C12H19N4O14P3/c1-2-3-12(19)7(4-17)8(28-9(12)16-6-14-10(13)15-11(16)18)5-27-32(23,24)30-33(25,26)29-31(20,21)22/h6-9,17,19H,4-5H2,1H3,(H,23,24)(H,25,26)(H2,13,15,18)(H2,20,21,22)/t7?,8-,9-,12?/m1/s1. The highest BCUT2D eigenvalue weighted by Gasteiger charge is 2.57. The molecule has 1 aromatic rings. The molecule has 2 heterocycles. The normalized spacial score (nSPS) is 29.0. The summed E-state index contributed by atoms with van der Waals surface area (Å²) >= 11 is 0. The third-order valence-electron chi connectivity index (χ3n) is 4.03. The minimum absolute atomic E-state index is 0.387. The molecule has 1 saturated heterocycles. The molecule has 18 nitrogen and oxygen atoms in total. The minimum atomic E-state index is -5.76. The lowest BCUT2D eigenvalue weighted by Gasteiger charge is -2.28. The predicted octanol–water partition coefficient (Wildman–Crippen LogP) is -2.18. The van der Waals surface area contributed by atoms with E-state index in [1.54, 1.807) is 0 Å². The Morgan fingerprint density at radius 1 is 1.24 bits per heavy atom. The molecular weight excluding hydrogens is 517 g/mol. The molecule has 0 saturated carbocycles. The summed E-state index contributed by atoms with van der Waals surface area (Å²) in [6, 6.07) is 0. The second kappa shape index (κ2) is 9.98. The fourth-order valence-electron chi connectivity index (χ4n) is 2.86. The first-order valence-corrected chi connectivity index (χ1v) is 13.0. The van der Waals surface area contributed by atoms with Crippen molar-refractivity contribution in [3.63, 3.8) is 0 Å². The third-order valence-corrected chi connectivity index (χ3v) is 7.83. The number of aliphatic hydroxyl groups is 2. The second-order valence-electron chi connectivity index (χ2n) is 6.31. The first-order chi connectivity index (χ1) is 15.0. The van der Waals surface area contributed by atoms with Crippen LogP contribution in [0.2, 0.25) is 0 Å². The van der Waals surface area contributed by atoms with Crippen molar-refractivity contribution in [2.45, 2.75) is 24.9 Å². The number of nitrogen functional groups attached to an aromatic ring is 1. The van der Waals surface area contributed by atoms with Crippen LogP contribution < -0.4 is 11.4 Å². The van der Waals surface area contributed by atoms with Gasteiger partial charge in [0.05, 0.1) is 25.2 Å². The smallest absolute Gasteiger partial charge is 0.396 e. The Hall–Kier alpha value is -1.54. The lowest BCUT2D eigenvalue weighted by atomic mass is 9.85. The number of phosphoric ester groups is 1. The van der Waals surface area contributed by atoms with E-state index in [1.165, 1.54) is 6.92 Å². The molecule has 0 amide bonds. The summed E-state index contributed by atoms with van der Waals surface area (Å²) in [7, 11) is -16.9. The molecule has 0 aromatic carbocycles. The zero-order valence-corrected chi connectivity index (χ0v) is 19.1. The Kier molecular flexibility index (Phi) is 8.38. The first kappa shape index (κ1) is 27.7. The van der Waals surface area contributed by atoms with Crippen LogP contribution >= 0.6 is 23.5 Å². The highest BCUT2D eigenvalue weighted by molar-refractivity contribution is 7.66. The van der Waals surface area contributed by atoms with Gasteiger partial charge in [-0.2, -0.15) is 13.6 Å². The van der Waals surface area contributed by atoms with Gasteiger partial charge in [-0.3, -0.25) is 9.09 Å². The van der Waals surface area contributed by atoms with Crippen LogP contribution in [0.15, 0.2) is 11.1 Å². The van der Waals surface area contributed by atoms with Gasteiger partial charge >= 0.3 is 29.2 Å². The van der Waals surface area contributed by atoms with Crippen molar-refractivity contribution >= 4 is 29.4 Å². The molecule has 6 atom stereocenters. The van der Waals surface area contributed by atoms with Crippen LogP contribution in [0.4, 0.5) is 5.95 Å². The molecule has 0 spiro atoms. The predicted molar refractivity (Wildman–Crippen MR) is 103 cm³/mol. The number of aromatic nitrogens is 3. The topological polar surface area (TPSA) is 283 Å². The fraction of sp³-hybridized carbons (Fsp3) is 0.583. The Balaban J connectivity index is 2.28. The van der Waals surface area contributed by atoms with Crippen LogP contribution in [0.3, 0.4) is 0 Å². The average molecular weight is 536 g/mol. The summed E-state index contributed by atoms with van der Waals surface area (Å²) in [6.45, 7) is -0.536. The van der Waals surface area contributed by atoms with Crippen LogP contribution in [-0.4, -0.2) is 69.2 Å². The Labute approximate surface area is 184 Å². The van der Waals surface area contributed by atoms with E-state index in [2.05, 4.69) is 35.0 Å². The van der Waals surface area contributed by atoms with Crippen LogP contribution in [0, 0.1) is 17.8 Å². The Bertz CT molecular complexity index is 1140. The molecule has 186 valence electrons. The number of aliphatic hydroxyl groups excluding tert-OH is 1. The van der Waals surface area contributed by atoms with Gasteiger partial charge in [0.2, 0.25) is 5.95 Å². The fourth-order valence-corrected chi connectivity index (χ4v) is 5.89. The first-order valence-electron chi connectivity index (χ1n) is 8.45. The van der Waals surface area contributed by atoms with Crippen molar-refractivity contribution in [2.24, 2.45) is 5.92 Å². The molecule has 1 aliphatic heterocycles. The summed E-state index contributed by atoms with van der Waals surface area (Å²) in [5.41, 5.74) is 2.02. The summed E-state index contributed by atoms with van der Waals surface area (Å²) in [4.78, 5) is 55.0. The van der Waals surface area contributed by atoms with E-state index in [-0.39, 0.29) is 5.95 Å². The van der Waals surface area contributed by atoms with E-state index in [4.69, 9.17) is 20.3 Å². The van der Waals surface area contributed by atoms with Gasteiger partial charge in [0.1, 0.15) is 6.33 Å². The van der Waals surface area contributed by atoms with Gasteiger partial charge in [-0.25, -0.2) is 23.5 Å². The van der Waals surface area contributed by atoms with Gasteiger partial charge in [-0.15, -0.1) is 5.92 Å². The molecule has 33 heavy (non-hydrogen) atoms. The summed E-state index contributed by atoms with van der Waals surface area (Å²) in [6.07, 6.45) is -2.28. The Morgan fingerprint density at radius 3 is 2.39 bits per heavy atom. The van der Waals surface area contributed by atoms with Gasteiger partial charge in [0, 0.05) is 0 Å². The summed E-state index contributed by atoms with van der Waals surface area (Å²) < 4.78 is 51.9. The highest BCUT2D eigenvalue weighted by atomic mass is 31.3. The van der Waals surface area contributed by atoms with E-state index in [9.17, 15) is 38.5 Å². The van der Waals surface area contributed by atoms with E-state index in [1.807, 2.05) is 0 Å². The number of rotatable bonds is 9. The maximum Gasteiger partial charge on any atom is 0.490 e. The lowest BCUT2D eigenvalue weighted by Crippen LogP contribution is -2.46. The molecule has 0 radical (unpaired) electrons. The van der Waals surface area contributed by atoms with Gasteiger partial charge in [-0.05, 0) is 6.92 Å². The largest absolute Gasteiger partial charge is 0.490 e. The maximum absolute atomic E-state index is 12.2. The number of anilines is 1. The van der Waals surface area contributed by atoms with Crippen molar-refractivity contribution in [2.75, 3.05) is 18.9 Å². The molecule has 0 aliphatic carbocycles. The zero-order valence-electron chi connectivity index (χ0n) is 16.4. The van der Waals surface area contributed by atoms with E-state index in [0.717, 1.165) is 6.33 Å². The quantitative estimate of drug-likeness (QED) is 0.130. The van der Waals surface area contributed by atoms with Crippen LogP contribution in [-0.2, 0) is 31.6 Å². The van der Waals surface area contributed by atoms with Crippen molar-refractivity contribution in [3.8, 4) is 11.8 Å². The lowest BCUT2D eigenvalue weighted by molar-refractivity contribution is -0.0751. The average Bonchev–Trinajstić information content (AvgIpc) is 2.88. The van der Waals surface area contributed by atoms with Gasteiger partial charge in [-0.1, -0.05) is 5.92 Å². The summed E-state index contributed by atoms with van der Waals surface area (Å²) in [5.74, 6) is 2.99. The third kappa shape index (κ3) is 6.98. The van der Waals surface area contributed by atoms with Gasteiger partial charge in [0.25, 0.3) is 0 Å². The number of phosphoric acid groups is 3. The van der Waals surface area contributed by atoms with Crippen LogP contribution in [0.25, 0.3) is 0 Å². The van der Waals surface area contributed by atoms with Gasteiger partial charge in [0.15, 0.2) is 11.8 Å². The zero-order chi connectivity index (χ0) is 25.2. The van der Waals surface area contributed by atoms with Crippen LogP contribution in [0.5, 0.6) is 0 Å². The highest BCUT2D eigenvalue weighted by Crippen LogP contribution is 2.66. The minimum Gasteiger partial charge on any atom is -0.396 e. The van der Waals surface area contributed by atoms with Crippen LogP contribution in [0.1, 0.15) is 13.2 Å². The summed E-state index contributed by atoms with van der Waals surface area (Å²) in [5, 5.41) is 20.8. The number of hydrogen-bond acceptors (Lipinski definition) is 13. The van der Waals surface area contributed by atoms with Crippen molar-refractivity contribution in [1.82, 2.24) is 14.5 Å². The number of hydrogen-bond donors (Lipinski definition) is 7. The SMILES string of the molecule is CC#CC1(O)C(CO)[C@@H](COP(=O)(O)OP(=O)(O)OP(=O)(O)O)O[C@H]1n1cnc(N)nc1=O. The van der Waals surface area contributed by atoms with Gasteiger partial charge < -0.3 is 40.3 Å². The van der Waals surface area contributed by atoms with E-state index < -0.39 is 66.2 Å². The number of nitrogens with zero attached hydrogens (tertiary/aromatic N) is 3. The molecular formula is C12H19N4O14P3. The molecule has 0 bridgehead atoms. The number of ether oxygens (including phenoxy) is 1. The molecule has 2 rings (SSSR count).